The minimum Gasteiger partial charge on any atom is -0.328 e. The number of aryl methyl sites for hydroxylation is 1. The van der Waals surface area contributed by atoms with E-state index in [2.05, 4.69) is 6.92 Å². The van der Waals surface area contributed by atoms with Crippen molar-refractivity contribution in [3.63, 3.8) is 0 Å². The van der Waals surface area contributed by atoms with Gasteiger partial charge in [-0.15, -0.1) is 0 Å². The van der Waals surface area contributed by atoms with Crippen molar-refractivity contribution < 1.29 is 8.42 Å². The second-order valence-electron chi connectivity index (χ2n) is 5.68. The molecule has 0 saturated heterocycles. The molecule has 3 nitrogen and oxygen atoms in total. The molecule has 0 amide bonds. The van der Waals surface area contributed by atoms with Crippen molar-refractivity contribution in [2.24, 2.45) is 5.73 Å². The van der Waals surface area contributed by atoms with Gasteiger partial charge in [-0.25, -0.2) is 8.42 Å². The third kappa shape index (κ3) is 4.91. The molecule has 2 N–H and O–H groups in total. The van der Waals surface area contributed by atoms with E-state index >= 15 is 0 Å². The molecule has 0 aliphatic carbocycles. The molecule has 0 aliphatic rings. The lowest BCUT2D eigenvalue weighted by atomic mass is 10.0. The Hall–Kier alpha value is -0.870. The standard InChI is InChI=1S/C16H27NO2S/c1-4-7-15(17)10-5-8-14-9-6-11-16(12-14)20(18,19)13(2)3/h6,9,11-13,15H,4-5,7-8,10,17H2,1-3H3. The molecular weight excluding hydrogens is 270 g/mol. The third-order valence-electron chi connectivity index (χ3n) is 3.55. The number of sulfone groups is 1. The van der Waals surface area contributed by atoms with E-state index in [-0.39, 0.29) is 11.3 Å². The summed E-state index contributed by atoms with van der Waals surface area (Å²) in [4.78, 5) is 0.433. The van der Waals surface area contributed by atoms with E-state index < -0.39 is 9.84 Å². The Bertz CT molecular complexity index is 509. The zero-order valence-electron chi connectivity index (χ0n) is 12.8. The van der Waals surface area contributed by atoms with Crippen LogP contribution in [0.5, 0.6) is 0 Å². The first kappa shape index (κ1) is 17.2. The minimum absolute atomic E-state index is 0.266. The third-order valence-corrected chi connectivity index (χ3v) is 5.70. The highest BCUT2D eigenvalue weighted by Gasteiger charge is 2.19. The van der Waals surface area contributed by atoms with E-state index in [0.29, 0.717) is 4.90 Å². The van der Waals surface area contributed by atoms with Gasteiger partial charge >= 0.3 is 0 Å². The zero-order valence-corrected chi connectivity index (χ0v) is 13.6. The summed E-state index contributed by atoms with van der Waals surface area (Å²) in [6.45, 7) is 5.57. The average Bonchev–Trinajstić information content (AvgIpc) is 2.39. The first-order valence-electron chi connectivity index (χ1n) is 7.46. The molecule has 0 fully saturated rings. The van der Waals surface area contributed by atoms with Gasteiger partial charge < -0.3 is 5.73 Å². The summed E-state index contributed by atoms with van der Waals surface area (Å²) in [5.74, 6) is 0. The molecule has 0 heterocycles. The maximum Gasteiger partial charge on any atom is 0.180 e. The van der Waals surface area contributed by atoms with Crippen molar-refractivity contribution in [3.8, 4) is 0 Å². The number of hydrogen-bond donors (Lipinski definition) is 1. The molecule has 1 unspecified atom stereocenters. The zero-order chi connectivity index (χ0) is 15.2. The highest BCUT2D eigenvalue weighted by molar-refractivity contribution is 7.92. The van der Waals surface area contributed by atoms with Crippen LogP contribution in [-0.4, -0.2) is 19.7 Å². The van der Waals surface area contributed by atoms with Crippen molar-refractivity contribution >= 4 is 9.84 Å². The van der Waals surface area contributed by atoms with Crippen molar-refractivity contribution in [1.29, 1.82) is 0 Å². The Kier molecular flexibility index (Phi) is 6.69. The predicted molar refractivity (Wildman–Crippen MR) is 84.6 cm³/mol. The molecule has 0 spiro atoms. The van der Waals surface area contributed by atoms with Gasteiger partial charge in [0.2, 0.25) is 0 Å². The van der Waals surface area contributed by atoms with Gasteiger partial charge in [0, 0.05) is 6.04 Å². The van der Waals surface area contributed by atoms with Gasteiger partial charge in [-0.05, 0) is 57.2 Å². The molecule has 0 aromatic heterocycles. The van der Waals surface area contributed by atoms with Gasteiger partial charge in [0.1, 0.15) is 0 Å². The monoisotopic (exact) mass is 297 g/mol. The van der Waals surface area contributed by atoms with Crippen LogP contribution >= 0.6 is 0 Å². The smallest absolute Gasteiger partial charge is 0.180 e. The normalized spacial score (nSPS) is 13.7. The van der Waals surface area contributed by atoms with E-state index in [1.54, 1.807) is 26.0 Å². The molecule has 20 heavy (non-hydrogen) atoms. The van der Waals surface area contributed by atoms with Crippen molar-refractivity contribution in [1.82, 2.24) is 0 Å². The van der Waals surface area contributed by atoms with Gasteiger partial charge in [0.15, 0.2) is 9.84 Å². The summed E-state index contributed by atoms with van der Waals surface area (Å²) in [5, 5.41) is -0.379. The highest BCUT2D eigenvalue weighted by Crippen LogP contribution is 2.18. The van der Waals surface area contributed by atoms with Crippen LogP contribution < -0.4 is 5.73 Å². The summed E-state index contributed by atoms with van der Waals surface area (Å²) in [5.41, 5.74) is 7.07. The molecule has 114 valence electrons. The summed E-state index contributed by atoms with van der Waals surface area (Å²) < 4.78 is 24.3. The van der Waals surface area contributed by atoms with Crippen molar-refractivity contribution in [2.75, 3.05) is 0 Å². The van der Waals surface area contributed by atoms with Crippen LogP contribution in [0.15, 0.2) is 29.2 Å². The van der Waals surface area contributed by atoms with Crippen LogP contribution in [0.25, 0.3) is 0 Å². The molecule has 0 radical (unpaired) electrons. The highest BCUT2D eigenvalue weighted by atomic mass is 32.2. The van der Waals surface area contributed by atoms with Crippen LogP contribution in [0.2, 0.25) is 0 Å². The summed E-state index contributed by atoms with van der Waals surface area (Å²) >= 11 is 0. The van der Waals surface area contributed by atoms with E-state index in [4.69, 9.17) is 5.73 Å². The fourth-order valence-electron chi connectivity index (χ4n) is 2.23. The lowest BCUT2D eigenvalue weighted by molar-refractivity contribution is 0.539. The lowest BCUT2D eigenvalue weighted by Crippen LogP contribution is -2.19. The SMILES string of the molecule is CCCC(N)CCCc1cccc(S(=O)(=O)C(C)C)c1. The summed E-state index contributed by atoms with van der Waals surface area (Å²) in [6, 6.07) is 7.58. The van der Waals surface area contributed by atoms with Crippen LogP contribution in [0.3, 0.4) is 0 Å². The molecule has 1 rings (SSSR count). The molecule has 4 heteroatoms. The molecule has 1 aromatic rings. The maximum absolute atomic E-state index is 12.1. The average molecular weight is 297 g/mol. The summed E-state index contributed by atoms with van der Waals surface area (Å²) in [6.07, 6.45) is 5.06. The fraction of sp³-hybridized carbons (Fsp3) is 0.625. The Labute approximate surface area is 123 Å². The molecular formula is C16H27NO2S. The van der Waals surface area contributed by atoms with Gasteiger partial charge in [0.05, 0.1) is 10.1 Å². The van der Waals surface area contributed by atoms with E-state index in [9.17, 15) is 8.42 Å². The minimum atomic E-state index is -3.17. The van der Waals surface area contributed by atoms with Gasteiger partial charge in [0.25, 0.3) is 0 Å². The van der Waals surface area contributed by atoms with Crippen LogP contribution in [0.1, 0.15) is 52.0 Å². The Morgan fingerprint density at radius 3 is 2.50 bits per heavy atom. The van der Waals surface area contributed by atoms with Crippen molar-refractivity contribution in [3.05, 3.63) is 29.8 Å². The Balaban J connectivity index is 2.66. The topological polar surface area (TPSA) is 60.2 Å². The number of hydrogen-bond acceptors (Lipinski definition) is 3. The van der Waals surface area contributed by atoms with Crippen LogP contribution in [-0.2, 0) is 16.3 Å². The first-order chi connectivity index (χ1) is 9.37. The van der Waals surface area contributed by atoms with Gasteiger partial charge in [-0.2, -0.15) is 0 Å². The molecule has 0 bridgehead atoms. The summed E-state index contributed by atoms with van der Waals surface area (Å²) in [7, 11) is -3.17. The van der Waals surface area contributed by atoms with E-state index in [0.717, 1.165) is 37.7 Å². The van der Waals surface area contributed by atoms with E-state index in [1.807, 2.05) is 12.1 Å². The molecule has 1 atom stereocenters. The van der Waals surface area contributed by atoms with Crippen LogP contribution in [0, 0.1) is 0 Å². The quantitative estimate of drug-likeness (QED) is 0.800. The van der Waals surface area contributed by atoms with E-state index in [1.165, 1.54) is 0 Å². The molecule has 0 saturated carbocycles. The second-order valence-corrected chi connectivity index (χ2v) is 8.19. The fourth-order valence-corrected chi connectivity index (χ4v) is 3.36. The van der Waals surface area contributed by atoms with Crippen molar-refractivity contribution in [2.45, 2.75) is 69.1 Å². The largest absolute Gasteiger partial charge is 0.328 e. The Morgan fingerprint density at radius 2 is 1.90 bits per heavy atom. The predicted octanol–water partition coefficient (Wildman–Crippen LogP) is 3.32. The van der Waals surface area contributed by atoms with Crippen LogP contribution in [0.4, 0.5) is 0 Å². The second kappa shape index (κ2) is 7.79. The van der Waals surface area contributed by atoms with Gasteiger partial charge in [-0.3, -0.25) is 0 Å². The Morgan fingerprint density at radius 1 is 1.20 bits per heavy atom. The van der Waals surface area contributed by atoms with Gasteiger partial charge in [-0.1, -0.05) is 25.5 Å². The number of nitrogens with two attached hydrogens (primary N) is 1. The lowest BCUT2D eigenvalue weighted by Gasteiger charge is -2.11. The first-order valence-corrected chi connectivity index (χ1v) is 9.01. The number of benzene rings is 1. The molecule has 0 aliphatic heterocycles. The number of rotatable bonds is 8. The molecule has 1 aromatic carbocycles. The maximum atomic E-state index is 12.1.